The van der Waals surface area contributed by atoms with Gasteiger partial charge in [0.05, 0.1) is 24.8 Å². The Morgan fingerprint density at radius 3 is 2.27 bits per heavy atom. The van der Waals surface area contributed by atoms with E-state index in [-0.39, 0.29) is 23.4 Å². The molecule has 0 radical (unpaired) electrons. The molecule has 5 heteroatoms. The minimum atomic E-state index is -0.274. The van der Waals surface area contributed by atoms with Crippen LogP contribution in [0.5, 0.6) is 5.75 Å². The fraction of sp³-hybridized carbons (Fsp3) is 0.619. The summed E-state index contributed by atoms with van der Waals surface area (Å²) >= 11 is 0. The van der Waals surface area contributed by atoms with Gasteiger partial charge in [0.15, 0.2) is 6.04 Å². The highest BCUT2D eigenvalue weighted by Gasteiger charge is 2.56. The number of amides is 2. The smallest absolute Gasteiger partial charge is 0.292 e. The summed E-state index contributed by atoms with van der Waals surface area (Å²) in [5.41, 5.74) is 0.776. The monoisotopic (exact) mass is 355 g/mol. The third-order valence-corrected chi connectivity index (χ3v) is 7.15. The first-order valence-electron chi connectivity index (χ1n) is 9.93. The van der Waals surface area contributed by atoms with E-state index < -0.39 is 0 Å². The Bertz CT molecular complexity index is 724. The van der Waals surface area contributed by atoms with E-state index in [2.05, 4.69) is 5.32 Å². The Morgan fingerprint density at radius 2 is 1.65 bits per heavy atom. The zero-order valence-corrected chi connectivity index (χ0v) is 15.3. The number of rotatable bonds is 4. The number of methoxy groups -OCH3 is 1. The fourth-order valence-electron chi connectivity index (χ4n) is 6.66. The summed E-state index contributed by atoms with van der Waals surface area (Å²) < 4.78 is 5.37. The Balaban J connectivity index is 1.39. The van der Waals surface area contributed by atoms with Crippen LogP contribution in [0.15, 0.2) is 24.3 Å². The van der Waals surface area contributed by atoms with Gasteiger partial charge in [-0.25, -0.2) is 4.90 Å². The summed E-state index contributed by atoms with van der Waals surface area (Å²) in [4.78, 5) is 27.2. The minimum Gasteiger partial charge on any atom is -0.495 e. The van der Waals surface area contributed by atoms with E-state index >= 15 is 0 Å². The number of anilines is 1. The summed E-state index contributed by atoms with van der Waals surface area (Å²) in [6.45, 7) is 0. The van der Waals surface area contributed by atoms with Crippen LogP contribution >= 0.6 is 0 Å². The molecule has 1 aliphatic heterocycles. The number of carbonyl (C=O) groups excluding carboxylic acids is 2. The Hall–Kier alpha value is -1.88. The van der Waals surface area contributed by atoms with E-state index in [1.807, 2.05) is 12.1 Å². The molecule has 1 atom stereocenters. The number of nitrogens with zero attached hydrogens (tertiary/aromatic N) is 1. The zero-order valence-electron chi connectivity index (χ0n) is 15.3. The van der Waals surface area contributed by atoms with E-state index in [9.17, 15) is 9.59 Å². The topological polar surface area (TPSA) is 63.2 Å². The molecule has 1 saturated heterocycles. The van der Waals surface area contributed by atoms with Crippen molar-refractivity contribution in [3.8, 4) is 5.75 Å². The third-order valence-electron chi connectivity index (χ3n) is 7.15. The zero-order chi connectivity index (χ0) is 17.9. The van der Waals surface area contributed by atoms with Crippen LogP contribution in [0, 0.1) is 17.8 Å². The normalized spacial score (nSPS) is 38.3. The molecule has 1 aromatic carbocycles. The van der Waals surface area contributed by atoms with Gasteiger partial charge in [-0.1, -0.05) is 12.1 Å². The molecule has 6 rings (SSSR count). The van der Waals surface area contributed by atoms with Gasteiger partial charge in [-0.3, -0.25) is 9.59 Å². The molecule has 0 spiro atoms. The van der Waals surface area contributed by atoms with E-state index in [0.717, 1.165) is 17.8 Å². The lowest BCUT2D eigenvalue weighted by Gasteiger charge is -2.55. The lowest BCUT2D eigenvalue weighted by atomic mass is 9.53. The predicted octanol–water partition coefficient (Wildman–Crippen LogP) is 1.86. The molecule has 4 bridgehead atoms. The van der Waals surface area contributed by atoms with Crippen molar-refractivity contribution in [1.29, 1.82) is 0 Å². The molecule has 1 aromatic rings. The molecule has 26 heavy (non-hydrogen) atoms. The number of ether oxygens (including phenoxy) is 1. The number of carbonyl (C=O) groups is 2. The van der Waals surface area contributed by atoms with E-state index in [0.29, 0.717) is 17.9 Å². The van der Waals surface area contributed by atoms with Crippen LogP contribution in [0.3, 0.4) is 0 Å². The first-order valence-corrected chi connectivity index (χ1v) is 9.93. The Morgan fingerprint density at radius 1 is 1.04 bits per heavy atom. The van der Waals surface area contributed by atoms with Crippen molar-refractivity contribution in [2.75, 3.05) is 12.0 Å². The minimum absolute atomic E-state index is 0.0738. The molecular weight excluding hydrogens is 328 g/mol. The van der Waals surface area contributed by atoms with E-state index in [4.69, 9.17) is 4.74 Å². The van der Waals surface area contributed by atoms with Gasteiger partial charge in [-0.2, -0.15) is 0 Å². The first-order chi connectivity index (χ1) is 12.6. The Labute approximate surface area is 154 Å². The van der Waals surface area contributed by atoms with Gasteiger partial charge in [0, 0.05) is 19.3 Å². The standard InChI is InChI=1S/C21H26N2O3/c1-26-18-5-3-2-4-17(18)23-19(24)9-16(20(23)25)22-21-10-13-6-14(11-21)8-15(7-13)12-21/h2-5,13-16,22H,6-12H2,1H3/p+1/t13?,14?,15?,16-,21?/m1/s1. The second-order valence-electron chi connectivity index (χ2n) is 9.00. The van der Waals surface area contributed by atoms with Gasteiger partial charge in [0.1, 0.15) is 5.75 Å². The number of benzene rings is 1. The van der Waals surface area contributed by atoms with Crippen LogP contribution in [0.1, 0.15) is 44.9 Å². The van der Waals surface area contributed by atoms with Crippen molar-refractivity contribution in [2.24, 2.45) is 17.8 Å². The third kappa shape index (κ3) is 2.48. The molecule has 138 valence electrons. The highest BCUT2D eigenvalue weighted by Crippen LogP contribution is 2.54. The largest absolute Gasteiger partial charge is 0.495 e. The number of hydrogen-bond donors (Lipinski definition) is 1. The molecule has 2 amide bonds. The van der Waals surface area contributed by atoms with Crippen molar-refractivity contribution in [2.45, 2.75) is 56.5 Å². The molecule has 0 aromatic heterocycles. The van der Waals surface area contributed by atoms with Crippen molar-refractivity contribution in [3.63, 3.8) is 0 Å². The lowest BCUT2D eigenvalue weighted by Crippen LogP contribution is -3.03. The van der Waals surface area contributed by atoms with Gasteiger partial charge in [-0.05, 0) is 49.1 Å². The summed E-state index contributed by atoms with van der Waals surface area (Å²) in [5, 5.41) is 2.30. The molecule has 5 nitrogen and oxygen atoms in total. The Kier molecular flexibility index (Phi) is 3.64. The van der Waals surface area contributed by atoms with Crippen LogP contribution in [0.25, 0.3) is 0 Å². The molecule has 5 fully saturated rings. The van der Waals surface area contributed by atoms with Crippen LogP contribution in [-0.2, 0) is 9.59 Å². The number of nitrogens with two attached hydrogens (primary N) is 1. The molecule has 0 unspecified atom stereocenters. The van der Waals surface area contributed by atoms with E-state index in [1.165, 1.54) is 43.4 Å². The maximum atomic E-state index is 13.1. The van der Waals surface area contributed by atoms with Crippen LogP contribution in [0.2, 0.25) is 0 Å². The van der Waals surface area contributed by atoms with Gasteiger partial charge in [-0.15, -0.1) is 0 Å². The SMILES string of the molecule is COc1ccccc1N1C(=O)C[C@@H]([NH2+]C23CC4CC(CC(C4)C2)C3)C1=O. The van der Waals surface area contributed by atoms with E-state index in [1.54, 1.807) is 19.2 Å². The van der Waals surface area contributed by atoms with Gasteiger partial charge < -0.3 is 10.1 Å². The quantitative estimate of drug-likeness (QED) is 0.839. The molecule has 2 N–H and O–H groups in total. The number of hydrogen-bond acceptors (Lipinski definition) is 3. The number of para-hydroxylation sites is 2. The van der Waals surface area contributed by atoms with Gasteiger partial charge in [0.2, 0.25) is 5.91 Å². The van der Waals surface area contributed by atoms with Crippen molar-refractivity contribution < 1.29 is 19.6 Å². The molecular formula is C21H27N2O3+. The maximum Gasteiger partial charge on any atom is 0.292 e. The van der Waals surface area contributed by atoms with Crippen LogP contribution < -0.4 is 15.0 Å². The second kappa shape index (κ2) is 5.81. The molecule has 5 aliphatic rings. The molecule has 4 aliphatic carbocycles. The summed E-state index contributed by atoms with van der Waals surface area (Å²) in [6.07, 6.45) is 8.15. The summed E-state index contributed by atoms with van der Waals surface area (Å²) in [5.74, 6) is 2.92. The second-order valence-corrected chi connectivity index (χ2v) is 9.00. The highest BCUT2D eigenvalue weighted by atomic mass is 16.5. The van der Waals surface area contributed by atoms with Gasteiger partial charge in [0.25, 0.3) is 5.91 Å². The highest BCUT2D eigenvalue weighted by molar-refractivity contribution is 6.22. The first kappa shape index (κ1) is 16.3. The fourth-order valence-corrected chi connectivity index (χ4v) is 6.66. The maximum absolute atomic E-state index is 13.1. The lowest BCUT2D eigenvalue weighted by molar-refractivity contribution is -0.755. The van der Waals surface area contributed by atoms with Gasteiger partial charge >= 0.3 is 0 Å². The molecule has 1 heterocycles. The van der Waals surface area contributed by atoms with Crippen LogP contribution in [0.4, 0.5) is 5.69 Å². The summed E-state index contributed by atoms with van der Waals surface area (Å²) in [6, 6.07) is 7.01. The van der Waals surface area contributed by atoms with Crippen molar-refractivity contribution in [1.82, 2.24) is 0 Å². The van der Waals surface area contributed by atoms with Crippen LogP contribution in [-0.4, -0.2) is 30.5 Å². The average molecular weight is 355 g/mol. The number of quaternary nitrogens is 1. The molecule has 4 saturated carbocycles. The van der Waals surface area contributed by atoms with Crippen molar-refractivity contribution in [3.05, 3.63) is 24.3 Å². The average Bonchev–Trinajstić information content (AvgIpc) is 2.86. The predicted molar refractivity (Wildman–Crippen MR) is 96.7 cm³/mol. The number of imide groups is 1. The van der Waals surface area contributed by atoms with Crippen molar-refractivity contribution >= 4 is 17.5 Å². The summed E-state index contributed by atoms with van der Waals surface area (Å²) in [7, 11) is 1.57.